The summed E-state index contributed by atoms with van der Waals surface area (Å²) in [6, 6.07) is 5.37. The van der Waals surface area contributed by atoms with E-state index in [4.69, 9.17) is 21.8 Å². The zero-order chi connectivity index (χ0) is 12.0. The number of hydrogen-bond donors (Lipinski definition) is 1. The Labute approximate surface area is 107 Å². The van der Waals surface area contributed by atoms with Crippen LogP contribution in [-0.4, -0.2) is 4.98 Å². The number of fused-ring (bicyclic) bond motifs is 1. The third kappa shape index (κ3) is 1.69. The molecular weight excluding hydrogens is 256 g/mol. The van der Waals surface area contributed by atoms with Crippen LogP contribution in [-0.2, 0) is 0 Å². The van der Waals surface area contributed by atoms with Gasteiger partial charge in [-0.2, -0.15) is 0 Å². The fourth-order valence-electron chi connectivity index (χ4n) is 1.62. The highest BCUT2D eigenvalue weighted by atomic mass is 35.5. The van der Waals surface area contributed by atoms with Crippen LogP contribution in [0.1, 0.15) is 5.56 Å². The number of thiophene rings is 1. The lowest BCUT2D eigenvalue weighted by Gasteiger charge is -1.92. The van der Waals surface area contributed by atoms with Gasteiger partial charge in [-0.3, -0.25) is 0 Å². The van der Waals surface area contributed by atoms with Crippen molar-refractivity contribution in [1.82, 2.24) is 4.98 Å². The summed E-state index contributed by atoms with van der Waals surface area (Å²) >= 11 is 7.44. The molecule has 0 spiro atoms. The van der Waals surface area contributed by atoms with Crippen molar-refractivity contribution >= 4 is 39.7 Å². The Balaban J connectivity index is 2.21. The second-order valence-corrected chi connectivity index (χ2v) is 5.11. The Morgan fingerprint density at radius 2 is 2.24 bits per heavy atom. The number of anilines is 1. The molecule has 0 fully saturated rings. The predicted octanol–water partition coefficient (Wildman–Crippen LogP) is 4.10. The van der Waals surface area contributed by atoms with Gasteiger partial charge < -0.3 is 10.2 Å². The van der Waals surface area contributed by atoms with E-state index in [-0.39, 0.29) is 0 Å². The Hall–Kier alpha value is -1.52. The predicted molar refractivity (Wildman–Crippen MR) is 71.5 cm³/mol. The number of rotatable bonds is 1. The van der Waals surface area contributed by atoms with E-state index >= 15 is 0 Å². The van der Waals surface area contributed by atoms with Crippen molar-refractivity contribution in [3.8, 4) is 10.8 Å². The van der Waals surface area contributed by atoms with Crippen LogP contribution in [0.5, 0.6) is 0 Å². The van der Waals surface area contributed by atoms with Crippen molar-refractivity contribution in [2.24, 2.45) is 0 Å². The first-order chi connectivity index (χ1) is 8.15. The molecule has 2 N–H and O–H groups in total. The molecule has 5 heteroatoms. The van der Waals surface area contributed by atoms with Gasteiger partial charge >= 0.3 is 0 Å². The first-order valence-corrected chi connectivity index (χ1v) is 6.31. The van der Waals surface area contributed by atoms with E-state index in [1.54, 1.807) is 12.1 Å². The highest BCUT2D eigenvalue weighted by molar-refractivity contribution is 7.14. The summed E-state index contributed by atoms with van der Waals surface area (Å²) in [4.78, 5) is 5.27. The van der Waals surface area contributed by atoms with Gasteiger partial charge in [-0.25, -0.2) is 4.98 Å². The van der Waals surface area contributed by atoms with E-state index in [9.17, 15) is 0 Å². The maximum absolute atomic E-state index is 5.97. The van der Waals surface area contributed by atoms with E-state index < -0.39 is 0 Å². The number of nitrogens with zero attached hydrogens (tertiary/aromatic N) is 1. The fraction of sp³-hybridized carbons (Fsp3) is 0.0833. The lowest BCUT2D eigenvalue weighted by Crippen LogP contribution is -1.86. The minimum absolute atomic E-state index is 0.554. The zero-order valence-electron chi connectivity index (χ0n) is 9.03. The molecular formula is C12H9ClN2OS. The molecule has 3 rings (SSSR count). The highest BCUT2D eigenvalue weighted by Crippen LogP contribution is 2.36. The lowest BCUT2D eigenvalue weighted by atomic mass is 10.3. The van der Waals surface area contributed by atoms with Gasteiger partial charge in [0.05, 0.1) is 5.69 Å². The van der Waals surface area contributed by atoms with Crippen LogP contribution < -0.4 is 5.73 Å². The summed E-state index contributed by atoms with van der Waals surface area (Å²) < 4.78 is 5.66. The molecule has 1 aromatic carbocycles. The molecule has 17 heavy (non-hydrogen) atoms. The Morgan fingerprint density at radius 1 is 1.41 bits per heavy atom. The fourth-order valence-corrected chi connectivity index (χ4v) is 2.68. The van der Waals surface area contributed by atoms with Crippen LogP contribution in [0.2, 0.25) is 5.02 Å². The molecule has 2 heterocycles. The molecule has 0 aliphatic heterocycles. The minimum Gasteiger partial charge on any atom is -0.435 e. The van der Waals surface area contributed by atoms with Crippen LogP contribution in [0.3, 0.4) is 0 Å². The molecule has 0 atom stereocenters. The molecule has 0 radical (unpaired) electrons. The standard InChI is InChI=1S/C12H9ClN2OS/c1-6-5-17-11(10(6)14)12-15-8-4-7(13)2-3-9(8)16-12/h2-5H,14H2,1H3. The molecule has 0 saturated heterocycles. The van der Waals surface area contributed by atoms with E-state index in [0.29, 0.717) is 10.9 Å². The SMILES string of the molecule is Cc1csc(-c2nc3cc(Cl)ccc3o2)c1N. The maximum atomic E-state index is 5.97. The Morgan fingerprint density at radius 3 is 2.94 bits per heavy atom. The smallest absolute Gasteiger partial charge is 0.239 e. The number of aryl methyl sites for hydroxylation is 1. The third-order valence-electron chi connectivity index (χ3n) is 2.57. The molecule has 0 bridgehead atoms. The van der Waals surface area contributed by atoms with Crippen LogP contribution in [0, 0.1) is 6.92 Å². The van der Waals surface area contributed by atoms with E-state index in [1.807, 2.05) is 18.4 Å². The summed E-state index contributed by atoms with van der Waals surface area (Å²) in [5, 5.41) is 2.64. The molecule has 86 valence electrons. The summed E-state index contributed by atoms with van der Waals surface area (Å²) in [5.41, 5.74) is 9.21. The van der Waals surface area contributed by atoms with Crippen molar-refractivity contribution in [3.63, 3.8) is 0 Å². The number of nitrogens with two attached hydrogens (primary N) is 1. The average molecular weight is 265 g/mol. The largest absolute Gasteiger partial charge is 0.435 e. The highest BCUT2D eigenvalue weighted by Gasteiger charge is 2.14. The van der Waals surface area contributed by atoms with Gasteiger partial charge in [-0.15, -0.1) is 11.3 Å². The second kappa shape index (κ2) is 3.75. The Bertz CT molecular complexity index is 702. The van der Waals surface area contributed by atoms with Gasteiger partial charge in [0.15, 0.2) is 5.58 Å². The zero-order valence-corrected chi connectivity index (χ0v) is 10.6. The number of nitrogen functional groups attached to an aromatic ring is 1. The molecule has 0 unspecified atom stereocenters. The van der Waals surface area contributed by atoms with Crippen molar-refractivity contribution < 1.29 is 4.42 Å². The number of oxazole rings is 1. The van der Waals surface area contributed by atoms with Gasteiger partial charge in [0.2, 0.25) is 5.89 Å². The molecule has 0 aliphatic rings. The normalized spacial score (nSPS) is 11.2. The molecule has 3 aromatic rings. The second-order valence-electron chi connectivity index (χ2n) is 3.79. The van der Waals surface area contributed by atoms with Crippen LogP contribution in [0.15, 0.2) is 28.0 Å². The minimum atomic E-state index is 0.554. The van der Waals surface area contributed by atoms with Gasteiger partial charge in [0.25, 0.3) is 0 Å². The summed E-state index contributed by atoms with van der Waals surface area (Å²) in [5.74, 6) is 0.554. The van der Waals surface area contributed by atoms with Gasteiger partial charge in [0.1, 0.15) is 10.4 Å². The topological polar surface area (TPSA) is 52.0 Å². The quantitative estimate of drug-likeness (QED) is 0.720. The van der Waals surface area contributed by atoms with Crippen molar-refractivity contribution in [3.05, 3.63) is 34.2 Å². The van der Waals surface area contributed by atoms with E-state index in [0.717, 1.165) is 27.2 Å². The number of aromatic nitrogens is 1. The first-order valence-electron chi connectivity index (χ1n) is 5.05. The van der Waals surface area contributed by atoms with Gasteiger partial charge in [-0.1, -0.05) is 11.6 Å². The monoisotopic (exact) mass is 264 g/mol. The van der Waals surface area contributed by atoms with Gasteiger partial charge in [-0.05, 0) is 36.1 Å². The first kappa shape index (κ1) is 10.6. The number of benzene rings is 1. The molecule has 0 saturated carbocycles. The van der Waals surface area contributed by atoms with Crippen LogP contribution >= 0.6 is 22.9 Å². The molecule has 2 aromatic heterocycles. The van der Waals surface area contributed by atoms with Crippen molar-refractivity contribution in [1.29, 1.82) is 0 Å². The van der Waals surface area contributed by atoms with Crippen LogP contribution in [0.25, 0.3) is 21.9 Å². The maximum Gasteiger partial charge on any atom is 0.239 e. The number of hydrogen-bond acceptors (Lipinski definition) is 4. The number of halogens is 1. The summed E-state index contributed by atoms with van der Waals surface area (Å²) in [6.07, 6.45) is 0. The molecule has 3 nitrogen and oxygen atoms in total. The van der Waals surface area contributed by atoms with E-state index in [1.165, 1.54) is 11.3 Å². The van der Waals surface area contributed by atoms with Gasteiger partial charge in [0, 0.05) is 5.02 Å². The van der Waals surface area contributed by atoms with Crippen molar-refractivity contribution in [2.45, 2.75) is 6.92 Å². The van der Waals surface area contributed by atoms with Crippen LogP contribution in [0.4, 0.5) is 5.69 Å². The molecule has 0 aliphatic carbocycles. The lowest BCUT2D eigenvalue weighted by molar-refractivity contribution is 0.622. The van der Waals surface area contributed by atoms with E-state index in [2.05, 4.69) is 4.98 Å². The van der Waals surface area contributed by atoms with Crippen molar-refractivity contribution in [2.75, 3.05) is 5.73 Å². The third-order valence-corrected chi connectivity index (χ3v) is 3.90. The summed E-state index contributed by atoms with van der Waals surface area (Å²) in [7, 11) is 0. The average Bonchev–Trinajstić information content (AvgIpc) is 2.83. The Kier molecular flexibility index (Phi) is 2.34. The summed E-state index contributed by atoms with van der Waals surface area (Å²) in [6.45, 7) is 1.97. The molecule has 0 amide bonds.